The van der Waals surface area contributed by atoms with Crippen molar-refractivity contribution in [1.29, 1.82) is 0 Å². The Labute approximate surface area is 118 Å². The van der Waals surface area contributed by atoms with Gasteiger partial charge in [0, 0.05) is 24.0 Å². The van der Waals surface area contributed by atoms with Crippen LogP contribution in [0, 0.1) is 0 Å². The molecule has 0 saturated heterocycles. The Morgan fingerprint density at radius 2 is 2.10 bits per heavy atom. The number of nitrogen functional groups attached to an aromatic ring is 1. The number of nitrogens with two attached hydrogens (primary N) is 1. The highest BCUT2D eigenvalue weighted by Crippen LogP contribution is 2.22. The van der Waals surface area contributed by atoms with Gasteiger partial charge in [-0.25, -0.2) is 15.6 Å². The summed E-state index contributed by atoms with van der Waals surface area (Å²) in [6, 6.07) is 7.70. The Morgan fingerprint density at radius 3 is 2.81 bits per heavy atom. The van der Waals surface area contributed by atoms with Crippen LogP contribution >= 0.6 is 0 Å². The number of nitrogens with one attached hydrogen (secondary N) is 2. The average Bonchev–Trinajstić information content (AvgIpc) is 2.46. The van der Waals surface area contributed by atoms with E-state index in [1.54, 1.807) is 18.2 Å². The second-order valence-corrected chi connectivity index (χ2v) is 3.75. The molecule has 1 heterocycles. The Hall–Kier alpha value is -3.20. The van der Waals surface area contributed by atoms with Crippen molar-refractivity contribution in [1.82, 2.24) is 15.4 Å². The van der Waals surface area contributed by atoms with Crippen molar-refractivity contribution in [2.24, 2.45) is 5.84 Å². The first kappa shape index (κ1) is 14.2. The number of ether oxygens (including phenoxy) is 1. The second-order valence-electron chi connectivity index (χ2n) is 3.75. The Bertz CT molecular complexity index is 676. The van der Waals surface area contributed by atoms with Gasteiger partial charge < -0.3 is 9.84 Å². The number of hydrogen-bond donors (Lipinski definition) is 4. The van der Waals surface area contributed by atoms with Crippen LogP contribution in [0.1, 0.15) is 10.6 Å². The molecule has 2 rings (SSSR count). The summed E-state index contributed by atoms with van der Waals surface area (Å²) in [6.45, 7) is 0. The molecule has 0 spiro atoms. The SMILES string of the molecule is NNC(=O)c1nccc(Oc2cccc(NC(=O)O)c2)n1. The molecule has 9 heteroatoms. The predicted octanol–water partition coefficient (Wildman–Crippen LogP) is 0.962. The van der Waals surface area contributed by atoms with Gasteiger partial charge in [0.15, 0.2) is 0 Å². The maximum absolute atomic E-state index is 11.3. The van der Waals surface area contributed by atoms with Crippen LogP contribution in [0.15, 0.2) is 36.5 Å². The van der Waals surface area contributed by atoms with Gasteiger partial charge in [-0.05, 0) is 12.1 Å². The molecule has 0 fully saturated rings. The highest BCUT2D eigenvalue weighted by Gasteiger charge is 2.09. The number of amides is 2. The van der Waals surface area contributed by atoms with Crippen LogP contribution in [0.25, 0.3) is 0 Å². The van der Waals surface area contributed by atoms with Crippen molar-refractivity contribution in [3.63, 3.8) is 0 Å². The zero-order valence-corrected chi connectivity index (χ0v) is 10.6. The van der Waals surface area contributed by atoms with Crippen LogP contribution in [-0.2, 0) is 0 Å². The third-order valence-electron chi connectivity index (χ3n) is 2.27. The number of benzene rings is 1. The monoisotopic (exact) mass is 289 g/mol. The molecule has 0 aliphatic rings. The number of carbonyl (C=O) groups excluding carboxylic acids is 1. The standard InChI is InChI=1S/C12H11N5O4/c13-17-11(18)10-14-5-4-9(16-10)21-8-3-1-2-7(6-8)15-12(19)20/h1-6,15H,13H2,(H,17,18)(H,19,20). The molecule has 1 aromatic heterocycles. The molecule has 5 N–H and O–H groups in total. The summed E-state index contributed by atoms with van der Waals surface area (Å²) in [4.78, 5) is 29.5. The lowest BCUT2D eigenvalue weighted by atomic mass is 10.3. The Balaban J connectivity index is 2.18. The molecule has 0 atom stereocenters. The van der Waals surface area contributed by atoms with Gasteiger partial charge in [0.2, 0.25) is 11.7 Å². The van der Waals surface area contributed by atoms with Crippen LogP contribution in [0.4, 0.5) is 10.5 Å². The zero-order valence-electron chi connectivity index (χ0n) is 10.6. The molecule has 0 unspecified atom stereocenters. The smallest absolute Gasteiger partial charge is 0.409 e. The molecular weight excluding hydrogens is 278 g/mol. The molecule has 108 valence electrons. The third kappa shape index (κ3) is 3.88. The first-order valence-corrected chi connectivity index (χ1v) is 5.70. The normalized spacial score (nSPS) is 9.76. The summed E-state index contributed by atoms with van der Waals surface area (Å²) in [5.74, 6) is 4.66. The number of rotatable bonds is 4. The van der Waals surface area contributed by atoms with Crippen LogP contribution in [0.5, 0.6) is 11.6 Å². The van der Waals surface area contributed by atoms with Gasteiger partial charge in [0.25, 0.3) is 0 Å². The van der Waals surface area contributed by atoms with E-state index in [0.717, 1.165) is 0 Å². The number of anilines is 1. The van der Waals surface area contributed by atoms with Gasteiger partial charge in [-0.3, -0.25) is 15.5 Å². The number of carbonyl (C=O) groups is 2. The first-order chi connectivity index (χ1) is 10.1. The largest absolute Gasteiger partial charge is 0.465 e. The fraction of sp³-hybridized carbons (Fsp3) is 0. The molecular formula is C12H11N5O4. The van der Waals surface area contributed by atoms with Gasteiger partial charge in [0.1, 0.15) is 5.75 Å². The maximum Gasteiger partial charge on any atom is 0.409 e. The Morgan fingerprint density at radius 1 is 1.29 bits per heavy atom. The number of hydrogen-bond acceptors (Lipinski definition) is 6. The molecule has 0 radical (unpaired) electrons. The van der Waals surface area contributed by atoms with Gasteiger partial charge >= 0.3 is 12.0 Å². The average molecular weight is 289 g/mol. The lowest BCUT2D eigenvalue weighted by Crippen LogP contribution is -2.31. The van der Waals surface area contributed by atoms with Crippen LogP contribution in [-0.4, -0.2) is 27.1 Å². The van der Waals surface area contributed by atoms with Crippen molar-refractivity contribution < 1.29 is 19.4 Å². The van der Waals surface area contributed by atoms with E-state index in [2.05, 4.69) is 15.3 Å². The van der Waals surface area contributed by atoms with E-state index in [4.69, 9.17) is 15.7 Å². The van der Waals surface area contributed by atoms with Crippen LogP contribution < -0.4 is 21.3 Å². The summed E-state index contributed by atoms with van der Waals surface area (Å²) < 4.78 is 5.43. The fourth-order valence-corrected chi connectivity index (χ4v) is 1.45. The molecule has 2 aromatic rings. The molecule has 0 aliphatic carbocycles. The molecule has 0 aliphatic heterocycles. The Kier molecular flexibility index (Phi) is 4.26. The quantitative estimate of drug-likeness (QED) is 0.373. The van der Waals surface area contributed by atoms with E-state index < -0.39 is 12.0 Å². The molecule has 9 nitrogen and oxygen atoms in total. The summed E-state index contributed by atoms with van der Waals surface area (Å²) in [5.41, 5.74) is 2.25. The third-order valence-corrected chi connectivity index (χ3v) is 2.27. The minimum atomic E-state index is -1.18. The fourth-order valence-electron chi connectivity index (χ4n) is 1.45. The van der Waals surface area contributed by atoms with Crippen molar-refractivity contribution in [3.05, 3.63) is 42.4 Å². The predicted molar refractivity (Wildman–Crippen MR) is 71.8 cm³/mol. The maximum atomic E-state index is 11.3. The number of carboxylic acid groups (broad SMARTS) is 1. The van der Waals surface area contributed by atoms with E-state index >= 15 is 0 Å². The lowest BCUT2D eigenvalue weighted by Gasteiger charge is -2.07. The summed E-state index contributed by atoms with van der Waals surface area (Å²) in [5, 5.41) is 10.8. The van der Waals surface area contributed by atoms with Gasteiger partial charge in [-0.15, -0.1) is 0 Å². The van der Waals surface area contributed by atoms with Crippen molar-refractivity contribution >= 4 is 17.7 Å². The van der Waals surface area contributed by atoms with E-state index in [1.165, 1.54) is 18.3 Å². The van der Waals surface area contributed by atoms with E-state index in [9.17, 15) is 9.59 Å². The van der Waals surface area contributed by atoms with E-state index in [0.29, 0.717) is 11.4 Å². The molecule has 21 heavy (non-hydrogen) atoms. The highest BCUT2D eigenvalue weighted by molar-refractivity contribution is 5.89. The molecule has 1 aromatic carbocycles. The lowest BCUT2D eigenvalue weighted by molar-refractivity contribution is 0.0942. The zero-order chi connectivity index (χ0) is 15.2. The first-order valence-electron chi connectivity index (χ1n) is 5.70. The van der Waals surface area contributed by atoms with Gasteiger partial charge in [-0.1, -0.05) is 6.07 Å². The minimum absolute atomic E-state index is 0.121. The van der Waals surface area contributed by atoms with Crippen molar-refractivity contribution in [2.75, 3.05) is 5.32 Å². The van der Waals surface area contributed by atoms with Crippen LogP contribution in [0.3, 0.4) is 0 Å². The van der Waals surface area contributed by atoms with Crippen LogP contribution in [0.2, 0.25) is 0 Å². The summed E-state index contributed by atoms with van der Waals surface area (Å²) >= 11 is 0. The van der Waals surface area contributed by atoms with Crippen molar-refractivity contribution in [3.8, 4) is 11.6 Å². The van der Waals surface area contributed by atoms with E-state index in [-0.39, 0.29) is 11.7 Å². The number of hydrazine groups is 1. The van der Waals surface area contributed by atoms with Gasteiger partial charge in [-0.2, -0.15) is 4.98 Å². The summed E-state index contributed by atoms with van der Waals surface area (Å²) in [7, 11) is 0. The van der Waals surface area contributed by atoms with E-state index in [1.807, 2.05) is 5.43 Å². The van der Waals surface area contributed by atoms with Crippen molar-refractivity contribution in [2.45, 2.75) is 0 Å². The summed E-state index contributed by atoms with van der Waals surface area (Å²) in [6.07, 6.45) is 0.155. The number of nitrogens with zero attached hydrogens (tertiary/aromatic N) is 2. The molecule has 0 saturated carbocycles. The highest BCUT2D eigenvalue weighted by atomic mass is 16.5. The minimum Gasteiger partial charge on any atom is -0.465 e. The molecule has 0 bridgehead atoms. The second kappa shape index (κ2) is 6.30. The topological polar surface area (TPSA) is 139 Å². The number of aromatic nitrogens is 2. The van der Waals surface area contributed by atoms with Gasteiger partial charge in [0.05, 0.1) is 0 Å². The molecule has 2 amide bonds.